The molecular formula is C45H55F5IN3O16S4. The molecule has 0 saturated heterocycles. The van der Waals surface area contributed by atoms with Gasteiger partial charge in [0.05, 0.1) is 47.7 Å². The van der Waals surface area contributed by atoms with E-state index in [1.807, 2.05) is 20.8 Å². The number of hydrogen-bond donors (Lipinski definition) is 3. The van der Waals surface area contributed by atoms with Gasteiger partial charge in [-0.3, -0.25) is 9.11 Å². The number of nitrogens with zero attached hydrogens (tertiary/aromatic N) is 2. The highest BCUT2D eigenvalue weighted by atomic mass is 127. The first kappa shape index (κ1) is 61.0. The summed E-state index contributed by atoms with van der Waals surface area (Å²) in [6, 6.07) is 8.63. The fourth-order valence-corrected chi connectivity index (χ4v) is 12.1. The first-order valence-electron chi connectivity index (χ1n) is 22.2. The van der Waals surface area contributed by atoms with Crippen LogP contribution in [-0.4, -0.2) is 142 Å². The highest BCUT2D eigenvalue weighted by molar-refractivity contribution is 14.1. The molecule has 0 aromatic heterocycles. The second-order valence-electron chi connectivity index (χ2n) is 19.1. The van der Waals surface area contributed by atoms with E-state index >= 15 is 0 Å². The van der Waals surface area contributed by atoms with Gasteiger partial charge in [-0.2, -0.15) is 34.2 Å². The van der Waals surface area contributed by atoms with Crippen LogP contribution < -0.4 is 13.1 Å². The lowest BCUT2D eigenvalue weighted by atomic mass is 9.92. The molecule has 0 radical (unpaired) electrons. The molecular weight excluding hydrogens is 1190 g/mol. The van der Waals surface area contributed by atoms with Crippen LogP contribution in [0.5, 0.6) is 11.5 Å². The van der Waals surface area contributed by atoms with Crippen LogP contribution in [0.3, 0.4) is 0 Å². The van der Waals surface area contributed by atoms with Crippen molar-refractivity contribution in [1.82, 2.24) is 8.61 Å². The number of halogens is 6. The molecule has 0 saturated carbocycles. The molecule has 74 heavy (non-hydrogen) atoms. The van der Waals surface area contributed by atoms with Crippen LogP contribution in [0.15, 0.2) is 46.2 Å². The zero-order valence-electron chi connectivity index (χ0n) is 40.9. The molecule has 19 nitrogen and oxygen atoms in total. The van der Waals surface area contributed by atoms with Crippen molar-refractivity contribution in [2.75, 3.05) is 83.6 Å². The van der Waals surface area contributed by atoms with Gasteiger partial charge in [0.15, 0.2) is 23.0 Å². The maximum Gasteiger partial charge on any atom is 0.337 e. The van der Waals surface area contributed by atoms with E-state index in [4.69, 9.17) is 17.3 Å². The fourth-order valence-electron chi connectivity index (χ4n) is 7.66. The molecule has 5 aromatic carbocycles. The molecule has 0 amide bonds. The SMILES string of the molecule is CC(CCCOCC(C)(C)COCC(C)(C)COCC(=O)Oc1c(F)c(F)c(F)c(F)c1F)Nc1cc(OI)c2ccc3c(S(=O)(=O)N(C)CCS(=O)(=O)O)cc(S(=O)(=O)N(C)CCS(=O)(=O)O)c4ccc1c2c43. The lowest BCUT2D eigenvalue weighted by Crippen LogP contribution is -2.33. The highest BCUT2D eigenvalue weighted by Gasteiger charge is 2.34. The topological polar surface area (TPSA) is 259 Å². The first-order chi connectivity index (χ1) is 34.1. The number of benzene rings is 5. The third kappa shape index (κ3) is 14.8. The molecule has 5 aromatic rings. The normalized spacial score (nSPS) is 13.7. The van der Waals surface area contributed by atoms with Crippen molar-refractivity contribution in [1.29, 1.82) is 0 Å². The Balaban J connectivity index is 1.26. The number of carbonyl (C=O) groups excluding carboxylic acids is 1. The van der Waals surface area contributed by atoms with Crippen LogP contribution in [-0.2, 0) is 59.3 Å². The predicted molar refractivity (Wildman–Crippen MR) is 271 cm³/mol. The number of esters is 1. The van der Waals surface area contributed by atoms with E-state index in [2.05, 4.69) is 10.1 Å². The number of anilines is 1. The Morgan fingerprint density at radius 2 is 1.09 bits per heavy atom. The minimum atomic E-state index is -4.71. The van der Waals surface area contributed by atoms with E-state index in [0.717, 1.165) is 20.2 Å². The van der Waals surface area contributed by atoms with E-state index in [0.29, 0.717) is 62.3 Å². The number of rotatable bonds is 28. The third-order valence-electron chi connectivity index (χ3n) is 11.5. The quantitative estimate of drug-likeness (QED) is 0.00510. The van der Waals surface area contributed by atoms with Gasteiger partial charge >= 0.3 is 5.97 Å². The molecule has 0 bridgehead atoms. The second-order valence-corrected chi connectivity index (χ2v) is 26.7. The van der Waals surface area contributed by atoms with Gasteiger partial charge in [-0.25, -0.2) is 34.8 Å². The van der Waals surface area contributed by atoms with E-state index in [9.17, 15) is 69.5 Å². The number of sulfonamides is 2. The van der Waals surface area contributed by atoms with Gasteiger partial charge in [0.25, 0.3) is 20.2 Å². The van der Waals surface area contributed by atoms with Gasteiger partial charge in [-0.05, 0) is 31.9 Å². The van der Waals surface area contributed by atoms with Crippen molar-refractivity contribution in [2.45, 2.75) is 63.3 Å². The van der Waals surface area contributed by atoms with E-state index in [-0.39, 0.29) is 42.0 Å². The molecule has 0 aliphatic carbocycles. The molecule has 3 N–H and O–H groups in total. The molecule has 1 unspecified atom stereocenters. The van der Waals surface area contributed by atoms with Gasteiger partial charge in [-0.15, -0.1) is 0 Å². The summed E-state index contributed by atoms with van der Waals surface area (Å²) in [4.78, 5) is 11.0. The van der Waals surface area contributed by atoms with Crippen molar-refractivity contribution in [3.05, 3.63) is 65.5 Å². The van der Waals surface area contributed by atoms with Crippen LogP contribution in [0.4, 0.5) is 27.6 Å². The zero-order valence-corrected chi connectivity index (χ0v) is 46.4. The molecule has 0 heterocycles. The molecule has 0 spiro atoms. The lowest BCUT2D eigenvalue weighted by molar-refractivity contribution is -0.141. The lowest BCUT2D eigenvalue weighted by Gasteiger charge is -2.29. The van der Waals surface area contributed by atoms with E-state index < -0.39 is 133 Å². The average molecular weight is 1240 g/mol. The minimum absolute atomic E-state index is 0.0592. The number of hydrogen-bond acceptors (Lipinski definition) is 15. The zero-order chi connectivity index (χ0) is 55.5. The summed E-state index contributed by atoms with van der Waals surface area (Å²) in [5, 5.41) is 5.18. The van der Waals surface area contributed by atoms with E-state index in [1.165, 1.54) is 12.1 Å². The van der Waals surface area contributed by atoms with Crippen LogP contribution in [0, 0.1) is 39.9 Å². The van der Waals surface area contributed by atoms with Gasteiger partial charge < -0.3 is 27.3 Å². The summed E-state index contributed by atoms with van der Waals surface area (Å²) in [7, 11) is -16.5. The van der Waals surface area contributed by atoms with Crippen LogP contribution >= 0.6 is 23.0 Å². The van der Waals surface area contributed by atoms with Crippen LogP contribution in [0.25, 0.3) is 32.3 Å². The summed E-state index contributed by atoms with van der Waals surface area (Å²) in [5.41, 5.74) is -0.633. The highest BCUT2D eigenvalue weighted by Crippen LogP contribution is 2.47. The maximum absolute atomic E-state index is 14.3. The summed E-state index contributed by atoms with van der Waals surface area (Å²) in [5.74, 6) is -16.3. The molecule has 29 heteroatoms. The molecule has 0 fully saturated rings. The largest absolute Gasteiger partial charge is 0.427 e. The van der Waals surface area contributed by atoms with Gasteiger partial charge in [0.1, 0.15) is 12.4 Å². The smallest absolute Gasteiger partial charge is 0.337 e. The number of carbonyl (C=O) groups is 1. The predicted octanol–water partition coefficient (Wildman–Crippen LogP) is 7.31. The van der Waals surface area contributed by atoms with Crippen LogP contribution in [0.2, 0.25) is 0 Å². The summed E-state index contributed by atoms with van der Waals surface area (Å²) in [6.45, 7) is 7.89. The summed E-state index contributed by atoms with van der Waals surface area (Å²) < 4.78 is 219. The summed E-state index contributed by atoms with van der Waals surface area (Å²) in [6.07, 6.45) is 1.17. The Kier molecular flexibility index (Phi) is 19.6. The van der Waals surface area contributed by atoms with Crippen molar-refractivity contribution in [2.24, 2.45) is 10.8 Å². The standard InChI is InChI=1S/C45H55F5IN3O16S4/c1-26(9-8-16-66-22-44(2,3)24-68-25-45(4,5)23-67-21-35(55)69-43-41(49)39(47)38(46)40(48)42(43)50)52-31-19-32(70-51)28-11-13-30-34(74(64,65)54(7)15-18-72(59,60)61)20-33(29-12-10-27(31)36(28)37(29)30)73(62,63)53(6)14-17-71(56,57)58/h10-13,19-20,26,52H,8-9,14-18,21-25H2,1-7H3,(H,56,57,58)(H,59,60,61). The fraction of sp³-hybridized carbons (Fsp3) is 0.489. The average Bonchev–Trinajstić information content (AvgIpc) is 3.30. The Labute approximate surface area is 439 Å². The Hall–Kier alpha value is -3.89. The Morgan fingerprint density at radius 1 is 0.662 bits per heavy atom. The van der Waals surface area contributed by atoms with Crippen molar-refractivity contribution < 1.29 is 91.5 Å². The molecule has 5 rings (SSSR count). The number of nitrogens with one attached hydrogen (secondary N) is 1. The maximum atomic E-state index is 14.3. The second kappa shape index (κ2) is 23.8. The van der Waals surface area contributed by atoms with Gasteiger partial charge in [0, 0.05) is 94.7 Å². The van der Waals surface area contributed by atoms with E-state index in [1.54, 1.807) is 55.1 Å². The molecule has 1 atom stereocenters. The monoisotopic (exact) mass is 1240 g/mol. The molecule has 412 valence electrons. The Morgan fingerprint density at radius 3 is 1.58 bits per heavy atom. The minimum Gasteiger partial charge on any atom is -0.427 e. The first-order valence-corrected chi connectivity index (χ1v) is 29.2. The third-order valence-corrected chi connectivity index (χ3v) is 17.1. The van der Waals surface area contributed by atoms with Gasteiger partial charge in [0.2, 0.25) is 54.9 Å². The van der Waals surface area contributed by atoms with Crippen molar-refractivity contribution in [3.63, 3.8) is 0 Å². The van der Waals surface area contributed by atoms with Crippen molar-refractivity contribution >= 4 is 107 Å². The van der Waals surface area contributed by atoms with Crippen molar-refractivity contribution in [3.8, 4) is 11.5 Å². The van der Waals surface area contributed by atoms with Crippen LogP contribution in [0.1, 0.15) is 47.5 Å². The summed E-state index contributed by atoms with van der Waals surface area (Å²) >= 11 is 1.68. The Bertz CT molecular complexity index is 3230. The molecule has 0 aliphatic heterocycles. The van der Waals surface area contributed by atoms with Gasteiger partial charge in [-0.1, -0.05) is 45.9 Å². The molecule has 0 aliphatic rings. The number of ether oxygens (including phenoxy) is 4.